The van der Waals surface area contributed by atoms with Gasteiger partial charge in [-0.15, -0.1) is 0 Å². The van der Waals surface area contributed by atoms with Gasteiger partial charge in [0.15, 0.2) is 5.65 Å². The molecule has 0 amide bonds. The predicted molar refractivity (Wildman–Crippen MR) is 169 cm³/mol. The van der Waals surface area contributed by atoms with Gasteiger partial charge >= 0.3 is 0 Å². The van der Waals surface area contributed by atoms with E-state index in [1.807, 2.05) is 54.6 Å². The zero-order valence-electron chi connectivity index (χ0n) is 24.6. The molecule has 0 unspecified atom stereocenters. The molecule has 2 aromatic heterocycles. The van der Waals surface area contributed by atoms with Crippen molar-refractivity contribution in [3.8, 4) is 22.8 Å². The number of rotatable bonds is 11. The van der Waals surface area contributed by atoms with Gasteiger partial charge in [-0.05, 0) is 88.0 Å². The number of ether oxygens (including phenoxy) is 1. The number of para-hydroxylation sites is 1. The van der Waals surface area contributed by atoms with Gasteiger partial charge in [0, 0.05) is 37.8 Å². The predicted octanol–water partition coefficient (Wildman–Crippen LogP) is 5.49. The van der Waals surface area contributed by atoms with Crippen molar-refractivity contribution < 1.29 is 4.74 Å². The Morgan fingerprint density at radius 1 is 0.762 bits per heavy atom. The molecule has 4 aromatic rings. The molecule has 222 valence electrons. The molecule has 4 N–H and O–H groups in total. The highest BCUT2D eigenvalue weighted by atomic mass is 16.5. The van der Waals surface area contributed by atoms with Gasteiger partial charge in [-0.1, -0.05) is 31.0 Å². The molecule has 0 radical (unpaired) electrons. The second kappa shape index (κ2) is 13.6. The van der Waals surface area contributed by atoms with Gasteiger partial charge in [-0.3, -0.25) is 4.90 Å². The maximum atomic E-state index is 6.41. The largest absolute Gasteiger partial charge is 0.457 e. The number of anilines is 1. The molecule has 2 aliphatic rings. The summed E-state index contributed by atoms with van der Waals surface area (Å²) >= 11 is 0. The molecule has 0 spiro atoms. The molecule has 0 atom stereocenters. The van der Waals surface area contributed by atoms with Crippen LogP contribution in [0.2, 0.25) is 0 Å². The summed E-state index contributed by atoms with van der Waals surface area (Å²) in [5.74, 6) is 2.06. The molecule has 0 bridgehead atoms. The van der Waals surface area contributed by atoms with E-state index in [1.165, 1.54) is 64.8 Å². The van der Waals surface area contributed by atoms with Gasteiger partial charge in [-0.25, -0.2) is 14.6 Å². The van der Waals surface area contributed by atoms with E-state index in [4.69, 9.17) is 21.3 Å². The number of aromatic nitrogens is 4. The normalized spacial score (nSPS) is 20.2. The third-order valence-corrected chi connectivity index (χ3v) is 8.99. The number of hydrogen-bond acceptors (Lipinski definition) is 8. The lowest BCUT2D eigenvalue weighted by Gasteiger charge is -2.42. The van der Waals surface area contributed by atoms with Gasteiger partial charge in [-0.2, -0.15) is 5.10 Å². The van der Waals surface area contributed by atoms with Crippen molar-refractivity contribution in [1.82, 2.24) is 29.5 Å². The number of hydrogen-bond donors (Lipinski definition) is 2. The van der Waals surface area contributed by atoms with Crippen LogP contribution in [0.5, 0.6) is 11.5 Å². The number of fused-ring (bicyclic) bond motifs is 1. The minimum atomic E-state index is 0.308. The van der Waals surface area contributed by atoms with E-state index < -0.39 is 0 Å². The first-order valence-corrected chi connectivity index (χ1v) is 15.7. The standard InChI is InChI=1S/C33H44N8O/c34-18-6-1-2-7-19-39-20-22-40(23-21-39)26-12-14-27(15-13-26)41-33-30(32(35)36-24-37-33)31(38-41)25-10-16-29(17-11-25)42-28-8-4-3-5-9-28/h3-5,8-11,16-17,24,26-27H,1-2,6-7,12-15,18-23,34H2,(H2,35,36,37)/t26-,27-. The van der Waals surface area contributed by atoms with Crippen LogP contribution < -0.4 is 16.2 Å². The Bertz CT molecular complexity index is 1410. The summed E-state index contributed by atoms with van der Waals surface area (Å²) in [4.78, 5) is 14.3. The van der Waals surface area contributed by atoms with Crippen LogP contribution >= 0.6 is 0 Å². The third kappa shape index (κ3) is 6.59. The molecular formula is C33H44N8O. The fraction of sp³-hybridized carbons (Fsp3) is 0.485. The second-order valence-corrected chi connectivity index (χ2v) is 11.7. The number of nitrogens with two attached hydrogens (primary N) is 2. The van der Waals surface area contributed by atoms with Gasteiger partial charge in [0.1, 0.15) is 29.3 Å². The van der Waals surface area contributed by atoms with Crippen LogP contribution in [0.3, 0.4) is 0 Å². The highest BCUT2D eigenvalue weighted by Crippen LogP contribution is 2.37. The molecular weight excluding hydrogens is 524 g/mol. The zero-order valence-corrected chi connectivity index (χ0v) is 24.6. The highest BCUT2D eigenvalue weighted by molar-refractivity contribution is 5.98. The van der Waals surface area contributed by atoms with Crippen molar-refractivity contribution in [3.05, 3.63) is 60.9 Å². The van der Waals surface area contributed by atoms with Crippen molar-refractivity contribution in [2.75, 3.05) is 45.0 Å². The van der Waals surface area contributed by atoms with Crippen LogP contribution in [0.15, 0.2) is 60.9 Å². The molecule has 1 saturated carbocycles. The number of unbranched alkanes of at least 4 members (excludes halogenated alkanes) is 3. The van der Waals surface area contributed by atoms with E-state index in [1.54, 1.807) is 6.33 Å². The first-order valence-electron chi connectivity index (χ1n) is 15.7. The van der Waals surface area contributed by atoms with Crippen molar-refractivity contribution in [2.24, 2.45) is 5.73 Å². The average molecular weight is 569 g/mol. The van der Waals surface area contributed by atoms with Crippen molar-refractivity contribution in [1.29, 1.82) is 0 Å². The Balaban J connectivity index is 1.09. The lowest BCUT2D eigenvalue weighted by molar-refractivity contribution is 0.0700. The van der Waals surface area contributed by atoms with Gasteiger partial charge in [0.05, 0.1) is 11.4 Å². The van der Waals surface area contributed by atoms with Crippen LogP contribution in [-0.4, -0.2) is 74.9 Å². The number of nitrogens with zero attached hydrogens (tertiary/aromatic N) is 6. The highest BCUT2D eigenvalue weighted by Gasteiger charge is 2.31. The minimum Gasteiger partial charge on any atom is -0.457 e. The summed E-state index contributed by atoms with van der Waals surface area (Å²) in [6.45, 7) is 6.79. The quantitative estimate of drug-likeness (QED) is 0.229. The first-order chi connectivity index (χ1) is 20.7. The lowest BCUT2D eigenvalue weighted by Crippen LogP contribution is -2.51. The van der Waals surface area contributed by atoms with Crippen LogP contribution in [0.1, 0.15) is 57.4 Å². The summed E-state index contributed by atoms with van der Waals surface area (Å²) in [6.07, 6.45) is 11.1. The zero-order chi connectivity index (χ0) is 28.7. The molecule has 2 aromatic carbocycles. The fourth-order valence-electron chi connectivity index (χ4n) is 6.61. The Morgan fingerprint density at radius 3 is 2.19 bits per heavy atom. The van der Waals surface area contributed by atoms with Crippen LogP contribution in [0.25, 0.3) is 22.3 Å². The second-order valence-electron chi connectivity index (χ2n) is 11.7. The molecule has 42 heavy (non-hydrogen) atoms. The lowest BCUT2D eigenvalue weighted by atomic mass is 9.90. The molecule has 2 fully saturated rings. The Hall–Kier alpha value is -3.53. The monoisotopic (exact) mass is 568 g/mol. The van der Waals surface area contributed by atoms with E-state index in [9.17, 15) is 0 Å². The van der Waals surface area contributed by atoms with E-state index in [2.05, 4.69) is 24.4 Å². The molecule has 1 aliphatic heterocycles. The molecule has 9 heteroatoms. The van der Waals surface area contributed by atoms with Crippen molar-refractivity contribution >= 4 is 16.9 Å². The summed E-state index contributed by atoms with van der Waals surface area (Å²) in [6, 6.07) is 18.8. The third-order valence-electron chi connectivity index (χ3n) is 8.99. The Kier molecular flexibility index (Phi) is 9.28. The summed E-state index contributed by atoms with van der Waals surface area (Å²) < 4.78 is 8.11. The van der Waals surface area contributed by atoms with Crippen LogP contribution in [-0.2, 0) is 0 Å². The maximum absolute atomic E-state index is 6.41. The summed E-state index contributed by atoms with van der Waals surface area (Å²) in [7, 11) is 0. The van der Waals surface area contributed by atoms with Crippen LogP contribution in [0, 0.1) is 0 Å². The van der Waals surface area contributed by atoms with Gasteiger partial charge in [0.25, 0.3) is 0 Å². The van der Waals surface area contributed by atoms with Gasteiger partial charge in [0.2, 0.25) is 0 Å². The summed E-state index contributed by atoms with van der Waals surface area (Å²) in [5.41, 5.74) is 14.7. The van der Waals surface area contributed by atoms with Crippen LogP contribution in [0.4, 0.5) is 5.82 Å². The van der Waals surface area contributed by atoms with E-state index >= 15 is 0 Å². The van der Waals surface area contributed by atoms with Gasteiger partial charge < -0.3 is 21.1 Å². The summed E-state index contributed by atoms with van der Waals surface area (Å²) in [5, 5.41) is 5.95. The molecule has 1 saturated heterocycles. The maximum Gasteiger partial charge on any atom is 0.164 e. The Morgan fingerprint density at radius 2 is 1.45 bits per heavy atom. The molecule has 9 nitrogen and oxygen atoms in total. The minimum absolute atomic E-state index is 0.308. The topological polar surface area (TPSA) is 111 Å². The molecule has 3 heterocycles. The Labute approximate surface area is 248 Å². The van der Waals surface area contributed by atoms with E-state index in [0.29, 0.717) is 17.9 Å². The molecule has 1 aliphatic carbocycles. The fourth-order valence-corrected chi connectivity index (χ4v) is 6.61. The number of benzene rings is 2. The smallest absolute Gasteiger partial charge is 0.164 e. The number of piperazine rings is 1. The van der Waals surface area contributed by atoms with Crippen molar-refractivity contribution in [3.63, 3.8) is 0 Å². The molecule has 6 rings (SSSR count). The number of nitrogen functional groups attached to an aromatic ring is 1. The average Bonchev–Trinajstić information content (AvgIpc) is 3.43. The van der Waals surface area contributed by atoms with E-state index in [-0.39, 0.29) is 0 Å². The SMILES string of the molecule is NCCCCCCN1CCN([C@H]2CC[C@H](n3nc(-c4ccc(Oc5ccccc5)cc4)c4c(N)ncnc43)CC2)CC1. The van der Waals surface area contributed by atoms with Crippen molar-refractivity contribution in [2.45, 2.75) is 63.5 Å². The first kappa shape index (κ1) is 28.6. The van der Waals surface area contributed by atoms with E-state index in [0.717, 1.165) is 59.6 Å².